The van der Waals surface area contributed by atoms with Gasteiger partial charge in [-0.1, -0.05) is 81.8 Å². The van der Waals surface area contributed by atoms with Gasteiger partial charge in [0, 0.05) is 60.0 Å². The van der Waals surface area contributed by atoms with E-state index in [4.69, 9.17) is 17.2 Å². The number of primary amides is 1. The summed E-state index contributed by atoms with van der Waals surface area (Å²) in [7, 11) is 0. The van der Waals surface area contributed by atoms with E-state index in [-0.39, 0.29) is 37.7 Å². The number of benzene rings is 2. The van der Waals surface area contributed by atoms with Crippen molar-refractivity contribution in [3.63, 3.8) is 0 Å². The first-order valence-corrected chi connectivity index (χ1v) is 18.0. The molecule has 0 saturated carbocycles. The fraction of sp³-hybridized carbons (Fsp3) is 0.447. The number of guanidine groups is 1. The SMILES string of the molecule is CCCCCCCCCC(=O)N[C@@H](CCCN=C(N)N)C(=O)N[C@@H](Cc1c[nH]c2ccccc12)C(=O)N[C@@H](Cc1c[nH]c2ccccc12)C(N)=O. The molecular weight excluding hydrogens is 646 g/mol. The van der Waals surface area contributed by atoms with Gasteiger partial charge in [0.15, 0.2) is 5.96 Å². The van der Waals surface area contributed by atoms with Gasteiger partial charge >= 0.3 is 0 Å². The Morgan fingerprint density at radius 1 is 0.667 bits per heavy atom. The van der Waals surface area contributed by atoms with Crippen LogP contribution in [-0.2, 0) is 32.0 Å². The minimum atomic E-state index is -1.10. The molecule has 13 heteroatoms. The van der Waals surface area contributed by atoms with Gasteiger partial charge in [0.1, 0.15) is 18.1 Å². The summed E-state index contributed by atoms with van der Waals surface area (Å²) < 4.78 is 0. The number of carbonyl (C=O) groups excluding carboxylic acids is 4. The second-order valence-electron chi connectivity index (χ2n) is 13.1. The number of hydrogen-bond acceptors (Lipinski definition) is 5. The Balaban J connectivity index is 1.50. The van der Waals surface area contributed by atoms with E-state index in [1.54, 1.807) is 12.4 Å². The van der Waals surface area contributed by atoms with Crippen LogP contribution in [0.15, 0.2) is 65.9 Å². The van der Waals surface area contributed by atoms with Crippen molar-refractivity contribution in [2.45, 2.75) is 102 Å². The first-order chi connectivity index (χ1) is 24.7. The van der Waals surface area contributed by atoms with E-state index < -0.39 is 35.8 Å². The molecule has 274 valence electrons. The lowest BCUT2D eigenvalue weighted by Gasteiger charge is -2.25. The van der Waals surface area contributed by atoms with Gasteiger partial charge in [-0.05, 0) is 42.5 Å². The molecule has 3 atom stereocenters. The largest absolute Gasteiger partial charge is 0.370 e. The minimum Gasteiger partial charge on any atom is -0.370 e. The maximum Gasteiger partial charge on any atom is 0.243 e. The maximum atomic E-state index is 14.0. The molecule has 0 aliphatic rings. The molecule has 4 rings (SSSR count). The minimum absolute atomic E-state index is 0.0638. The zero-order chi connectivity index (χ0) is 36.6. The Kier molecular flexibility index (Phi) is 14.9. The van der Waals surface area contributed by atoms with Crippen LogP contribution in [0, 0.1) is 0 Å². The van der Waals surface area contributed by atoms with Gasteiger partial charge in [0.25, 0.3) is 0 Å². The van der Waals surface area contributed by atoms with Crippen LogP contribution in [0.4, 0.5) is 0 Å². The molecule has 2 aromatic carbocycles. The Morgan fingerprint density at radius 3 is 1.78 bits per heavy atom. The van der Waals surface area contributed by atoms with Crippen molar-refractivity contribution in [2.24, 2.45) is 22.2 Å². The molecule has 0 spiro atoms. The smallest absolute Gasteiger partial charge is 0.243 e. The third-order valence-corrected chi connectivity index (χ3v) is 9.10. The van der Waals surface area contributed by atoms with E-state index in [9.17, 15) is 19.2 Å². The number of carbonyl (C=O) groups is 4. The molecule has 0 aliphatic heterocycles. The average molecular weight is 700 g/mol. The predicted molar refractivity (Wildman–Crippen MR) is 202 cm³/mol. The number of rotatable bonds is 22. The third-order valence-electron chi connectivity index (χ3n) is 9.10. The van der Waals surface area contributed by atoms with Crippen molar-refractivity contribution >= 4 is 51.4 Å². The molecule has 4 aromatic rings. The van der Waals surface area contributed by atoms with E-state index in [0.717, 1.165) is 58.6 Å². The van der Waals surface area contributed by atoms with Gasteiger partial charge in [-0.2, -0.15) is 0 Å². The van der Waals surface area contributed by atoms with Crippen LogP contribution >= 0.6 is 0 Å². The molecular formula is C38H53N9O4. The number of aliphatic imine (C=N–C) groups is 1. The monoisotopic (exact) mass is 699 g/mol. The average Bonchev–Trinajstić information content (AvgIpc) is 3.72. The summed E-state index contributed by atoms with van der Waals surface area (Å²) in [5, 5.41) is 10.4. The molecule has 0 unspecified atom stereocenters. The zero-order valence-electron chi connectivity index (χ0n) is 29.5. The molecule has 0 aliphatic carbocycles. The van der Waals surface area contributed by atoms with Crippen molar-refractivity contribution in [2.75, 3.05) is 6.54 Å². The lowest BCUT2D eigenvalue weighted by molar-refractivity contribution is -0.133. The van der Waals surface area contributed by atoms with Crippen LogP contribution in [0.1, 0.15) is 82.3 Å². The molecule has 11 N–H and O–H groups in total. The van der Waals surface area contributed by atoms with Crippen molar-refractivity contribution in [1.29, 1.82) is 0 Å². The Bertz CT molecular complexity index is 1770. The van der Waals surface area contributed by atoms with Crippen LogP contribution in [0.2, 0.25) is 0 Å². The van der Waals surface area contributed by atoms with Gasteiger partial charge < -0.3 is 43.1 Å². The van der Waals surface area contributed by atoms with E-state index >= 15 is 0 Å². The van der Waals surface area contributed by atoms with Crippen LogP contribution in [0.3, 0.4) is 0 Å². The fourth-order valence-electron chi connectivity index (χ4n) is 6.30. The van der Waals surface area contributed by atoms with Gasteiger partial charge in [-0.3, -0.25) is 24.2 Å². The van der Waals surface area contributed by atoms with Gasteiger partial charge in [0.05, 0.1) is 0 Å². The number of aromatic nitrogens is 2. The summed E-state index contributed by atoms with van der Waals surface area (Å²) in [5.41, 5.74) is 20.2. The number of unbranched alkanes of at least 4 members (excludes halogenated alkanes) is 6. The summed E-state index contributed by atoms with van der Waals surface area (Å²) in [6.45, 7) is 2.45. The number of hydrogen-bond donors (Lipinski definition) is 8. The number of para-hydroxylation sites is 2. The van der Waals surface area contributed by atoms with E-state index in [1.807, 2.05) is 48.5 Å². The number of amides is 4. The van der Waals surface area contributed by atoms with Gasteiger partial charge in [-0.25, -0.2) is 0 Å². The molecule has 51 heavy (non-hydrogen) atoms. The second kappa shape index (κ2) is 19.8. The highest BCUT2D eigenvalue weighted by Crippen LogP contribution is 2.21. The first kappa shape index (κ1) is 38.5. The van der Waals surface area contributed by atoms with Crippen molar-refractivity contribution < 1.29 is 19.2 Å². The molecule has 13 nitrogen and oxygen atoms in total. The van der Waals surface area contributed by atoms with Crippen molar-refractivity contribution in [3.05, 3.63) is 72.1 Å². The highest BCUT2D eigenvalue weighted by molar-refractivity contribution is 5.95. The zero-order valence-corrected chi connectivity index (χ0v) is 29.5. The molecule has 0 bridgehead atoms. The van der Waals surface area contributed by atoms with Gasteiger partial charge in [-0.15, -0.1) is 0 Å². The summed E-state index contributed by atoms with van der Waals surface area (Å²) >= 11 is 0. The molecule has 0 radical (unpaired) electrons. The normalized spacial score (nSPS) is 13.0. The number of nitrogens with one attached hydrogen (secondary N) is 5. The number of H-pyrrole nitrogens is 2. The summed E-state index contributed by atoms with van der Waals surface area (Å²) in [6, 6.07) is 12.2. The molecule has 4 amide bonds. The van der Waals surface area contributed by atoms with Gasteiger partial charge in [0.2, 0.25) is 23.6 Å². The topological polar surface area (TPSA) is 226 Å². The molecule has 2 heterocycles. The van der Waals surface area contributed by atoms with Crippen LogP contribution in [0.25, 0.3) is 21.8 Å². The highest BCUT2D eigenvalue weighted by Gasteiger charge is 2.30. The Hall–Kier alpha value is -5.33. The number of aromatic amines is 2. The number of nitrogens with two attached hydrogens (primary N) is 3. The molecule has 2 aromatic heterocycles. The predicted octanol–water partition coefficient (Wildman–Crippen LogP) is 3.57. The van der Waals surface area contributed by atoms with Crippen LogP contribution < -0.4 is 33.2 Å². The third kappa shape index (κ3) is 11.9. The standard InChI is InChI=1S/C38H53N9O4/c1-2-3-4-5-6-7-8-19-34(48)45-31(18-13-20-42-38(40)41)36(50)47-33(22-26-24-44-30-17-12-10-15-28(26)30)37(51)46-32(35(39)49)21-25-23-43-29-16-11-9-14-27(25)29/h9-12,14-17,23-24,31-33,43-44H,2-8,13,18-22H2,1H3,(H2,39,49)(H,45,48)(H,46,51)(H,47,50)(H4,40,41,42)/t31-,32-,33-/m0/s1. The fourth-order valence-corrected chi connectivity index (χ4v) is 6.30. The maximum absolute atomic E-state index is 14.0. The highest BCUT2D eigenvalue weighted by atomic mass is 16.2. The quantitative estimate of drug-likeness (QED) is 0.0347. The summed E-state index contributed by atoms with van der Waals surface area (Å²) in [5.74, 6) is -2.12. The molecule has 0 fully saturated rings. The van der Waals surface area contributed by atoms with Crippen LogP contribution in [0.5, 0.6) is 0 Å². The second-order valence-corrected chi connectivity index (χ2v) is 13.1. The van der Waals surface area contributed by atoms with E-state index in [1.165, 1.54) is 19.3 Å². The molecule has 0 saturated heterocycles. The number of nitrogens with zero attached hydrogens (tertiary/aromatic N) is 1. The number of fused-ring (bicyclic) bond motifs is 2. The summed E-state index contributed by atoms with van der Waals surface area (Å²) in [6.07, 6.45) is 12.3. The Labute approximate surface area is 299 Å². The van der Waals surface area contributed by atoms with Crippen molar-refractivity contribution in [1.82, 2.24) is 25.9 Å². The van der Waals surface area contributed by atoms with E-state index in [2.05, 4.69) is 37.8 Å². The summed E-state index contributed by atoms with van der Waals surface area (Å²) in [4.78, 5) is 64.0. The lowest BCUT2D eigenvalue weighted by Crippen LogP contribution is -2.57. The first-order valence-electron chi connectivity index (χ1n) is 18.0. The van der Waals surface area contributed by atoms with Crippen molar-refractivity contribution in [3.8, 4) is 0 Å². The lowest BCUT2D eigenvalue weighted by atomic mass is 10.0. The van der Waals surface area contributed by atoms with E-state index in [0.29, 0.717) is 12.8 Å². The van der Waals surface area contributed by atoms with Crippen LogP contribution in [-0.4, -0.2) is 64.2 Å². The Morgan fingerprint density at radius 2 is 1.20 bits per heavy atom.